The van der Waals surface area contributed by atoms with Crippen molar-refractivity contribution in [2.45, 2.75) is 57.7 Å². The number of hydrogen-bond acceptors (Lipinski definition) is 4. The summed E-state index contributed by atoms with van der Waals surface area (Å²) in [6.45, 7) is 4.60. The number of aliphatic hydroxyl groups excluding tert-OH is 2. The average Bonchev–Trinajstić information content (AvgIpc) is 2.56. The maximum absolute atomic E-state index is 9.82. The van der Waals surface area contributed by atoms with Crippen LogP contribution in [0.4, 0.5) is 0 Å². The summed E-state index contributed by atoms with van der Waals surface area (Å²) in [7, 11) is 0. The lowest BCUT2D eigenvalue weighted by Crippen LogP contribution is -2.53. The van der Waals surface area contributed by atoms with Gasteiger partial charge in [0.25, 0.3) is 0 Å². The largest absolute Gasteiger partial charge is 0.394 e. The highest BCUT2D eigenvalue weighted by molar-refractivity contribution is 14.1. The summed E-state index contributed by atoms with van der Waals surface area (Å²) < 4.78 is 13.3. The van der Waals surface area contributed by atoms with Crippen LogP contribution in [-0.2, 0) is 16.1 Å². The first-order valence-corrected chi connectivity index (χ1v) is 9.65. The predicted molar refractivity (Wildman–Crippen MR) is 98.7 cm³/mol. The average molecular weight is 434 g/mol. The number of benzene rings is 1. The van der Waals surface area contributed by atoms with E-state index < -0.39 is 6.10 Å². The Hall–Kier alpha value is -0.210. The van der Waals surface area contributed by atoms with Crippen LogP contribution in [0.3, 0.4) is 0 Å². The van der Waals surface area contributed by atoms with Crippen LogP contribution in [0.5, 0.6) is 0 Å². The van der Waals surface area contributed by atoms with E-state index in [-0.39, 0.29) is 30.3 Å². The number of aliphatic hydroxyl groups is 2. The number of halogens is 1. The molecule has 1 aliphatic heterocycles. The van der Waals surface area contributed by atoms with Gasteiger partial charge in [0.2, 0.25) is 0 Å². The molecule has 0 spiro atoms. The summed E-state index contributed by atoms with van der Waals surface area (Å²) in [6.07, 6.45) is 0.601. The molecule has 0 aliphatic carbocycles. The van der Waals surface area contributed by atoms with Gasteiger partial charge in [-0.15, -0.1) is 0 Å². The molecular formula is C18H27IO4. The molecule has 130 valence electrons. The predicted octanol–water partition coefficient (Wildman–Crippen LogP) is 2.93. The molecule has 2 rings (SSSR count). The van der Waals surface area contributed by atoms with Gasteiger partial charge >= 0.3 is 0 Å². The monoisotopic (exact) mass is 434 g/mol. The molecular weight excluding hydrogens is 407 g/mol. The van der Waals surface area contributed by atoms with Crippen molar-refractivity contribution in [3.8, 4) is 0 Å². The first-order chi connectivity index (χ1) is 11.0. The van der Waals surface area contributed by atoms with Crippen molar-refractivity contribution in [2.75, 3.05) is 11.0 Å². The maximum atomic E-state index is 9.82. The molecule has 5 heteroatoms. The number of alkyl halides is 1. The molecule has 1 heterocycles. The summed E-state index contributed by atoms with van der Waals surface area (Å²) in [4.78, 5) is 0. The van der Waals surface area contributed by atoms with Gasteiger partial charge in [0.15, 0.2) is 0 Å². The third-order valence-electron chi connectivity index (χ3n) is 4.66. The van der Waals surface area contributed by atoms with E-state index in [2.05, 4.69) is 48.6 Å². The Bertz CT molecular complexity index is 463. The Morgan fingerprint density at radius 2 is 2.04 bits per heavy atom. The lowest BCUT2D eigenvalue weighted by atomic mass is 9.74. The minimum Gasteiger partial charge on any atom is -0.394 e. The summed E-state index contributed by atoms with van der Waals surface area (Å²) >= 11 is 2.33. The smallest absolute Gasteiger partial charge is 0.0795 e. The molecule has 4 nitrogen and oxygen atoms in total. The zero-order valence-corrected chi connectivity index (χ0v) is 16.0. The Morgan fingerprint density at radius 3 is 2.65 bits per heavy atom. The minimum atomic E-state index is -0.748. The van der Waals surface area contributed by atoms with Crippen molar-refractivity contribution in [1.82, 2.24) is 0 Å². The molecule has 0 aromatic heterocycles. The standard InChI is InChI=1S/C18H27IO4/c1-18(2)16(22-12-13-6-4-3-5-7-13)9-15(10-19)23-17(18)8-14(21)11-20/h3-7,14-17,20-21H,8-12H2,1-2H3/t14-,15-,16+,17+/m0/s1. The van der Waals surface area contributed by atoms with Crippen molar-refractivity contribution in [3.63, 3.8) is 0 Å². The minimum absolute atomic E-state index is 0.0621. The van der Waals surface area contributed by atoms with Crippen LogP contribution in [0.1, 0.15) is 32.3 Å². The van der Waals surface area contributed by atoms with Gasteiger partial charge < -0.3 is 19.7 Å². The molecule has 2 N–H and O–H groups in total. The highest BCUT2D eigenvalue weighted by Crippen LogP contribution is 2.41. The van der Waals surface area contributed by atoms with Crippen LogP contribution in [0.2, 0.25) is 0 Å². The molecule has 4 atom stereocenters. The Kier molecular flexibility index (Phi) is 7.28. The van der Waals surface area contributed by atoms with E-state index in [0.717, 1.165) is 16.4 Å². The van der Waals surface area contributed by atoms with E-state index >= 15 is 0 Å². The summed E-state index contributed by atoms with van der Waals surface area (Å²) in [5.41, 5.74) is 0.945. The molecule has 1 fully saturated rings. The fourth-order valence-corrected chi connectivity index (χ4v) is 3.61. The van der Waals surface area contributed by atoms with E-state index in [4.69, 9.17) is 14.6 Å². The maximum Gasteiger partial charge on any atom is 0.0795 e. The summed E-state index contributed by atoms with van der Waals surface area (Å²) in [5, 5.41) is 19.0. The van der Waals surface area contributed by atoms with Crippen LogP contribution >= 0.6 is 22.6 Å². The summed E-state index contributed by atoms with van der Waals surface area (Å²) in [5.74, 6) is 0. The van der Waals surface area contributed by atoms with Gasteiger partial charge in [0, 0.05) is 22.7 Å². The van der Waals surface area contributed by atoms with Crippen LogP contribution in [0.15, 0.2) is 30.3 Å². The van der Waals surface area contributed by atoms with Crippen molar-refractivity contribution in [2.24, 2.45) is 5.41 Å². The van der Waals surface area contributed by atoms with Crippen LogP contribution in [0.25, 0.3) is 0 Å². The van der Waals surface area contributed by atoms with Crippen molar-refractivity contribution >= 4 is 22.6 Å². The van der Waals surface area contributed by atoms with Gasteiger partial charge in [-0.25, -0.2) is 0 Å². The first-order valence-electron chi connectivity index (χ1n) is 8.13. The van der Waals surface area contributed by atoms with Crippen molar-refractivity contribution in [3.05, 3.63) is 35.9 Å². The SMILES string of the molecule is CC1(C)[C@H](OCc2ccccc2)C[C@@H](CI)O[C@@H]1C[C@H](O)CO. The van der Waals surface area contributed by atoms with Crippen LogP contribution in [0, 0.1) is 5.41 Å². The van der Waals surface area contributed by atoms with E-state index in [0.29, 0.717) is 13.0 Å². The van der Waals surface area contributed by atoms with Crippen molar-refractivity contribution in [1.29, 1.82) is 0 Å². The second kappa shape index (κ2) is 8.76. The van der Waals surface area contributed by atoms with Gasteiger partial charge in [-0.3, -0.25) is 0 Å². The van der Waals surface area contributed by atoms with Gasteiger partial charge in [-0.1, -0.05) is 66.8 Å². The molecule has 1 aromatic carbocycles. The van der Waals surface area contributed by atoms with Gasteiger partial charge in [-0.05, 0) is 5.56 Å². The lowest BCUT2D eigenvalue weighted by molar-refractivity contribution is -0.195. The van der Waals surface area contributed by atoms with Crippen molar-refractivity contribution < 1.29 is 19.7 Å². The highest BCUT2D eigenvalue weighted by Gasteiger charge is 2.45. The molecule has 0 bridgehead atoms. The molecule has 1 aromatic rings. The quantitative estimate of drug-likeness (QED) is 0.512. The van der Waals surface area contributed by atoms with E-state index in [1.165, 1.54) is 0 Å². The molecule has 0 amide bonds. The second-order valence-corrected chi connectivity index (χ2v) is 7.70. The van der Waals surface area contributed by atoms with E-state index in [1.54, 1.807) is 0 Å². The zero-order valence-electron chi connectivity index (χ0n) is 13.8. The fraction of sp³-hybridized carbons (Fsp3) is 0.667. The third-order valence-corrected chi connectivity index (χ3v) is 5.64. The Labute approximate surface area is 152 Å². The summed E-state index contributed by atoms with van der Waals surface area (Å²) in [6, 6.07) is 10.2. The molecule has 0 saturated carbocycles. The van der Waals surface area contributed by atoms with E-state index in [9.17, 15) is 5.11 Å². The number of ether oxygens (including phenoxy) is 2. The third kappa shape index (κ3) is 5.13. The number of rotatable bonds is 7. The molecule has 23 heavy (non-hydrogen) atoms. The van der Waals surface area contributed by atoms with Crippen LogP contribution in [-0.4, -0.2) is 45.7 Å². The lowest BCUT2D eigenvalue weighted by Gasteiger charge is -2.48. The highest BCUT2D eigenvalue weighted by atomic mass is 127. The second-order valence-electron chi connectivity index (χ2n) is 6.82. The van der Waals surface area contributed by atoms with Crippen LogP contribution < -0.4 is 0 Å². The molecule has 0 unspecified atom stereocenters. The molecule has 0 radical (unpaired) electrons. The van der Waals surface area contributed by atoms with Gasteiger partial charge in [0.05, 0.1) is 37.6 Å². The zero-order chi connectivity index (χ0) is 16.9. The van der Waals surface area contributed by atoms with Gasteiger partial charge in [-0.2, -0.15) is 0 Å². The Morgan fingerprint density at radius 1 is 1.35 bits per heavy atom. The topological polar surface area (TPSA) is 58.9 Å². The molecule has 1 saturated heterocycles. The number of hydrogen-bond donors (Lipinski definition) is 2. The fourth-order valence-electron chi connectivity index (χ4n) is 3.05. The molecule has 1 aliphatic rings. The Balaban J connectivity index is 2.06. The normalized spacial score (nSPS) is 28.5. The van der Waals surface area contributed by atoms with Gasteiger partial charge in [0.1, 0.15) is 0 Å². The first kappa shape index (κ1) is 19.1. The van der Waals surface area contributed by atoms with E-state index in [1.807, 2.05) is 18.2 Å².